The molecular formula is C19H21ClIN5O. The summed E-state index contributed by atoms with van der Waals surface area (Å²) in [6, 6.07) is 13.6. The van der Waals surface area contributed by atoms with Crippen LogP contribution in [0.3, 0.4) is 0 Å². The summed E-state index contributed by atoms with van der Waals surface area (Å²) in [5, 5.41) is 3.54. The van der Waals surface area contributed by atoms with E-state index in [1.165, 1.54) is 5.56 Å². The number of rotatable bonds is 6. The van der Waals surface area contributed by atoms with Crippen LogP contribution in [0.5, 0.6) is 5.75 Å². The predicted molar refractivity (Wildman–Crippen MR) is 120 cm³/mol. The molecule has 0 atom stereocenters. The van der Waals surface area contributed by atoms with Crippen molar-refractivity contribution >= 4 is 47.2 Å². The molecule has 3 rings (SSSR count). The molecule has 0 unspecified atom stereocenters. The number of aromatic nitrogens is 2. The van der Waals surface area contributed by atoms with E-state index in [0.29, 0.717) is 23.3 Å². The zero-order chi connectivity index (χ0) is 18.4. The van der Waals surface area contributed by atoms with Crippen molar-refractivity contribution in [3.05, 3.63) is 77.3 Å². The van der Waals surface area contributed by atoms with Gasteiger partial charge in [0.25, 0.3) is 0 Å². The smallest absolute Gasteiger partial charge is 0.193 e. The lowest BCUT2D eigenvalue weighted by molar-refractivity contribution is 0.415. The van der Waals surface area contributed by atoms with E-state index in [9.17, 15) is 0 Å². The molecule has 0 saturated heterocycles. The Morgan fingerprint density at radius 3 is 2.59 bits per heavy atom. The van der Waals surface area contributed by atoms with Crippen LogP contribution in [0.4, 0.5) is 5.69 Å². The maximum Gasteiger partial charge on any atom is 0.193 e. The van der Waals surface area contributed by atoms with Gasteiger partial charge >= 0.3 is 0 Å². The summed E-state index contributed by atoms with van der Waals surface area (Å²) in [4.78, 5) is 8.40. The standard InChI is InChI=1S/C19H20ClN5O.HI/c1-26-18-7-6-16(10-17(18)20)24-19(21)23-11-14-2-4-15(5-3-14)12-25-9-8-22-13-25;/h2-10,13H,11-12H2,1H3,(H3,21,23,24);1H. The Hall–Kier alpha value is -2.26. The number of halogens is 2. The third kappa shape index (κ3) is 6.14. The minimum atomic E-state index is 0. The number of aliphatic imine (C=N–C) groups is 1. The Kier molecular flexibility index (Phi) is 7.93. The van der Waals surface area contributed by atoms with E-state index in [1.807, 2.05) is 29.0 Å². The van der Waals surface area contributed by atoms with E-state index >= 15 is 0 Å². The second kappa shape index (κ2) is 10.2. The number of nitrogens with one attached hydrogen (secondary N) is 1. The first-order valence-electron chi connectivity index (χ1n) is 8.08. The van der Waals surface area contributed by atoms with Crippen LogP contribution in [-0.4, -0.2) is 22.6 Å². The fourth-order valence-electron chi connectivity index (χ4n) is 2.45. The lowest BCUT2D eigenvalue weighted by Crippen LogP contribution is -2.22. The van der Waals surface area contributed by atoms with Crippen LogP contribution >= 0.6 is 35.6 Å². The van der Waals surface area contributed by atoms with Gasteiger partial charge in [0.15, 0.2) is 5.96 Å². The fourth-order valence-corrected chi connectivity index (χ4v) is 2.71. The van der Waals surface area contributed by atoms with Crippen molar-refractivity contribution in [2.24, 2.45) is 10.7 Å². The van der Waals surface area contributed by atoms with Gasteiger partial charge in [0.1, 0.15) is 5.75 Å². The number of guanidine groups is 1. The average molecular weight is 498 g/mol. The lowest BCUT2D eigenvalue weighted by Gasteiger charge is -2.08. The number of nitrogens with two attached hydrogens (primary N) is 1. The summed E-state index contributed by atoms with van der Waals surface area (Å²) < 4.78 is 7.15. The molecule has 0 radical (unpaired) electrons. The quantitative estimate of drug-likeness (QED) is 0.305. The van der Waals surface area contributed by atoms with Crippen molar-refractivity contribution in [3.8, 4) is 5.75 Å². The number of ether oxygens (including phenoxy) is 1. The number of methoxy groups -OCH3 is 1. The highest BCUT2D eigenvalue weighted by Gasteiger charge is 2.03. The third-order valence-corrected chi connectivity index (χ3v) is 4.10. The molecule has 27 heavy (non-hydrogen) atoms. The molecule has 0 bridgehead atoms. The molecular weight excluding hydrogens is 477 g/mol. The van der Waals surface area contributed by atoms with Crippen molar-refractivity contribution < 1.29 is 4.74 Å². The molecule has 0 fully saturated rings. The van der Waals surface area contributed by atoms with Gasteiger partial charge in [-0.25, -0.2) is 9.98 Å². The Morgan fingerprint density at radius 1 is 1.22 bits per heavy atom. The summed E-state index contributed by atoms with van der Waals surface area (Å²) in [5.41, 5.74) is 8.99. The molecule has 0 spiro atoms. The second-order valence-corrected chi connectivity index (χ2v) is 6.13. The van der Waals surface area contributed by atoms with Crippen LogP contribution in [0.25, 0.3) is 0 Å². The maximum absolute atomic E-state index is 6.10. The molecule has 8 heteroatoms. The molecule has 0 aliphatic heterocycles. The SMILES string of the molecule is COc1ccc(NC(N)=NCc2ccc(Cn3ccnc3)cc2)cc1Cl.I. The van der Waals surface area contributed by atoms with Gasteiger partial charge in [0, 0.05) is 24.6 Å². The lowest BCUT2D eigenvalue weighted by atomic mass is 10.1. The molecule has 2 aromatic carbocycles. The highest BCUT2D eigenvalue weighted by Crippen LogP contribution is 2.27. The Labute approximate surface area is 180 Å². The van der Waals surface area contributed by atoms with Crippen LogP contribution in [0.15, 0.2) is 66.2 Å². The molecule has 3 N–H and O–H groups in total. The number of anilines is 1. The number of imidazole rings is 1. The van der Waals surface area contributed by atoms with Gasteiger partial charge in [-0.1, -0.05) is 35.9 Å². The van der Waals surface area contributed by atoms with E-state index in [0.717, 1.165) is 17.8 Å². The number of nitrogens with zero attached hydrogens (tertiary/aromatic N) is 3. The molecule has 0 aliphatic rings. The predicted octanol–water partition coefficient (Wildman–Crippen LogP) is 4.14. The highest BCUT2D eigenvalue weighted by molar-refractivity contribution is 14.0. The van der Waals surface area contributed by atoms with Crippen molar-refractivity contribution in [2.75, 3.05) is 12.4 Å². The van der Waals surface area contributed by atoms with Gasteiger partial charge in [0.05, 0.1) is 25.0 Å². The molecule has 6 nitrogen and oxygen atoms in total. The van der Waals surface area contributed by atoms with E-state index in [2.05, 4.69) is 27.4 Å². The minimum Gasteiger partial charge on any atom is -0.495 e. The summed E-state index contributed by atoms with van der Waals surface area (Å²) in [7, 11) is 1.57. The van der Waals surface area contributed by atoms with Crippen LogP contribution in [-0.2, 0) is 13.1 Å². The van der Waals surface area contributed by atoms with Gasteiger partial charge in [-0.05, 0) is 29.3 Å². The maximum atomic E-state index is 6.10. The second-order valence-electron chi connectivity index (χ2n) is 5.73. The van der Waals surface area contributed by atoms with Gasteiger partial charge in [-0.3, -0.25) is 0 Å². The first-order valence-corrected chi connectivity index (χ1v) is 8.46. The zero-order valence-electron chi connectivity index (χ0n) is 14.8. The zero-order valence-corrected chi connectivity index (χ0v) is 17.9. The number of benzene rings is 2. The third-order valence-electron chi connectivity index (χ3n) is 3.80. The number of hydrogen-bond acceptors (Lipinski definition) is 3. The molecule has 1 heterocycles. The van der Waals surface area contributed by atoms with E-state index in [4.69, 9.17) is 22.1 Å². The van der Waals surface area contributed by atoms with Gasteiger partial charge in [-0.15, -0.1) is 24.0 Å². The normalized spacial score (nSPS) is 11.0. The fraction of sp³-hybridized carbons (Fsp3) is 0.158. The molecule has 0 saturated carbocycles. The Balaban J connectivity index is 0.00000261. The Morgan fingerprint density at radius 2 is 1.96 bits per heavy atom. The van der Waals surface area contributed by atoms with Gasteiger partial charge in [0.2, 0.25) is 0 Å². The van der Waals surface area contributed by atoms with Gasteiger partial charge < -0.3 is 20.4 Å². The molecule has 0 aliphatic carbocycles. The first kappa shape index (κ1) is 21.0. The molecule has 1 aromatic heterocycles. The van der Waals surface area contributed by atoms with Crippen molar-refractivity contribution in [1.82, 2.24) is 9.55 Å². The van der Waals surface area contributed by atoms with Crippen LogP contribution in [0.2, 0.25) is 5.02 Å². The van der Waals surface area contributed by atoms with Crippen molar-refractivity contribution in [2.45, 2.75) is 13.1 Å². The van der Waals surface area contributed by atoms with Crippen molar-refractivity contribution in [3.63, 3.8) is 0 Å². The summed E-state index contributed by atoms with van der Waals surface area (Å²) >= 11 is 6.10. The Bertz CT molecular complexity index is 882. The number of hydrogen-bond donors (Lipinski definition) is 2. The molecule has 0 amide bonds. The summed E-state index contributed by atoms with van der Waals surface area (Å²) in [6.07, 6.45) is 5.51. The minimum absolute atomic E-state index is 0. The van der Waals surface area contributed by atoms with Crippen molar-refractivity contribution in [1.29, 1.82) is 0 Å². The van der Waals surface area contributed by atoms with Crippen LogP contribution in [0, 0.1) is 0 Å². The largest absolute Gasteiger partial charge is 0.495 e. The van der Waals surface area contributed by atoms with Gasteiger partial charge in [-0.2, -0.15) is 0 Å². The highest BCUT2D eigenvalue weighted by atomic mass is 127. The van der Waals surface area contributed by atoms with E-state index in [-0.39, 0.29) is 24.0 Å². The topological polar surface area (TPSA) is 77.5 Å². The monoisotopic (exact) mass is 497 g/mol. The van der Waals surface area contributed by atoms with E-state index in [1.54, 1.807) is 31.8 Å². The summed E-state index contributed by atoms with van der Waals surface area (Å²) in [5.74, 6) is 0.942. The molecule has 3 aromatic rings. The van der Waals surface area contributed by atoms with Crippen LogP contribution in [0.1, 0.15) is 11.1 Å². The molecule has 142 valence electrons. The first-order chi connectivity index (χ1) is 12.6. The average Bonchev–Trinajstić information content (AvgIpc) is 3.14. The van der Waals surface area contributed by atoms with Crippen LogP contribution < -0.4 is 15.8 Å². The van der Waals surface area contributed by atoms with E-state index < -0.39 is 0 Å². The summed E-state index contributed by atoms with van der Waals surface area (Å²) in [6.45, 7) is 1.29.